The zero-order valence-corrected chi connectivity index (χ0v) is 44.3. The van der Waals surface area contributed by atoms with Crippen molar-refractivity contribution in [1.29, 1.82) is 0 Å². The van der Waals surface area contributed by atoms with E-state index < -0.39 is 6.10 Å². The number of hydrogen-bond acceptors (Lipinski definition) is 6. The van der Waals surface area contributed by atoms with E-state index in [0.29, 0.717) is 19.3 Å². The predicted molar refractivity (Wildman–Crippen MR) is 293 cm³/mol. The van der Waals surface area contributed by atoms with Gasteiger partial charge in [-0.1, -0.05) is 214 Å². The molecule has 0 aliphatic carbocycles. The maximum atomic E-state index is 12.8. The molecule has 68 heavy (non-hydrogen) atoms. The molecule has 0 bridgehead atoms. The summed E-state index contributed by atoms with van der Waals surface area (Å²) < 4.78 is 16.8. The molecule has 0 saturated carbocycles. The molecule has 0 fully saturated rings. The van der Waals surface area contributed by atoms with Gasteiger partial charge in [0.25, 0.3) is 0 Å². The quantitative estimate of drug-likeness (QED) is 0.0262. The number of ether oxygens (including phenoxy) is 3. The van der Waals surface area contributed by atoms with Crippen LogP contribution in [-0.4, -0.2) is 37.2 Å². The zero-order valence-electron chi connectivity index (χ0n) is 44.3. The van der Waals surface area contributed by atoms with Crippen molar-refractivity contribution >= 4 is 17.9 Å². The summed E-state index contributed by atoms with van der Waals surface area (Å²) in [6, 6.07) is 0. The molecule has 0 heterocycles. The van der Waals surface area contributed by atoms with Crippen molar-refractivity contribution in [3.05, 3.63) is 97.2 Å². The molecule has 0 amide bonds. The Hall–Kier alpha value is -3.67. The van der Waals surface area contributed by atoms with Gasteiger partial charge in [0.1, 0.15) is 13.2 Å². The summed E-state index contributed by atoms with van der Waals surface area (Å²) in [7, 11) is 0. The van der Waals surface area contributed by atoms with Crippen LogP contribution in [0.25, 0.3) is 0 Å². The number of carbonyl (C=O) groups is 3. The molecular weight excluding hydrogens is 841 g/mol. The molecule has 0 saturated heterocycles. The number of allylic oxidation sites excluding steroid dienone is 16. The first-order valence-electron chi connectivity index (χ1n) is 28.2. The van der Waals surface area contributed by atoms with Crippen LogP contribution in [0.5, 0.6) is 0 Å². The lowest BCUT2D eigenvalue weighted by Gasteiger charge is -2.18. The molecule has 0 rings (SSSR count). The summed E-state index contributed by atoms with van der Waals surface area (Å²) in [6.07, 6.45) is 73.9. The first kappa shape index (κ1) is 64.3. The third kappa shape index (κ3) is 53.3. The summed E-state index contributed by atoms with van der Waals surface area (Å²) in [5.41, 5.74) is 0. The van der Waals surface area contributed by atoms with E-state index in [0.717, 1.165) is 141 Å². The summed E-state index contributed by atoms with van der Waals surface area (Å²) in [5, 5.41) is 0. The van der Waals surface area contributed by atoms with Crippen molar-refractivity contribution in [2.24, 2.45) is 0 Å². The summed E-state index contributed by atoms with van der Waals surface area (Å²) >= 11 is 0. The second-order valence-electron chi connectivity index (χ2n) is 18.5. The van der Waals surface area contributed by atoms with E-state index in [4.69, 9.17) is 14.2 Å². The SMILES string of the molecule is CC/C=C\C/C=C\C/C=C\C/C=C\C/C=C\CCCCCCCC(=O)OCC(COC(=O)CCCCCCC/C=C\CCCCCC)OC(=O)CCCCCCC/C=C\C/C=C\CCCCCC. The molecule has 388 valence electrons. The van der Waals surface area contributed by atoms with Crippen LogP contribution in [0.1, 0.15) is 258 Å². The number of unbranched alkanes of at least 4 members (excludes halogenated alkanes) is 23. The van der Waals surface area contributed by atoms with Gasteiger partial charge in [0.15, 0.2) is 6.10 Å². The molecule has 6 nitrogen and oxygen atoms in total. The highest BCUT2D eigenvalue weighted by Gasteiger charge is 2.19. The first-order chi connectivity index (χ1) is 33.5. The molecule has 0 radical (unpaired) electrons. The van der Waals surface area contributed by atoms with Gasteiger partial charge in [-0.2, -0.15) is 0 Å². The lowest BCUT2D eigenvalue weighted by molar-refractivity contribution is -0.167. The average molecular weight is 946 g/mol. The minimum Gasteiger partial charge on any atom is -0.462 e. The molecule has 0 aromatic rings. The Bertz CT molecular complexity index is 1360. The first-order valence-corrected chi connectivity index (χ1v) is 28.2. The fourth-order valence-corrected chi connectivity index (χ4v) is 7.55. The van der Waals surface area contributed by atoms with Crippen molar-refractivity contribution in [3.63, 3.8) is 0 Å². The van der Waals surface area contributed by atoms with Crippen molar-refractivity contribution in [2.45, 2.75) is 264 Å². The van der Waals surface area contributed by atoms with Gasteiger partial charge < -0.3 is 14.2 Å². The highest BCUT2D eigenvalue weighted by Crippen LogP contribution is 2.14. The maximum absolute atomic E-state index is 12.8. The van der Waals surface area contributed by atoms with Gasteiger partial charge in [-0.25, -0.2) is 0 Å². The highest BCUT2D eigenvalue weighted by atomic mass is 16.6. The van der Waals surface area contributed by atoms with Crippen LogP contribution in [0.2, 0.25) is 0 Å². The zero-order chi connectivity index (χ0) is 49.3. The Morgan fingerprint density at radius 3 is 0.912 bits per heavy atom. The molecule has 1 unspecified atom stereocenters. The van der Waals surface area contributed by atoms with E-state index >= 15 is 0 Å². The summed E-state index contributed by atoms with van der Waals surface area (Å²) in [5.74, 6) is -0.934. The fourth-order valence-electron chi connectivity index (χ4n) is 7.55. The lowest BCUT2D eigenvalue weighted by Crippen LogP contribution is -2.30. The normalized spacial score (nSPS) is 12.8. The molecule has 0 N–H and O–H groups in total. The van der Waals surface area contributed by atoms with E-state index in [1.54, 1.807) is 0 Å². The van der Waals surface area contributed by atoms with Crippen molar-refractivity contribution in [1.82, 2.24) is 0 Å². The molecule has 1 atom stereocenters. The molecular formula is C62H104O6. The number of hydrogen-bond donors (Lipinski definition) is 0. The van der Waals surface area contributed by atoms with Gasteiger partial charge >= 0.3 is 17.9 Å². The molecule has 0 aromatic heterocycles. The Morgan fingerprint density at radius 2 is 0.574 bits per heavy atom. The number of carbonyl (C=O) groups excluding carboxylic acids is 3. The predicted octanol–water partition coefficient (Wildman–Crippen LogP) is 18.9. The highest BCUT2D eigenvalue weighted by molar-refractivity contribution is 5.71. The minimum atomic E-state index is -0.797. The topological polar surface area (TPSA) is 78.9 Å². The van der Waals surface area contributed by atoms with Crippen LogP contribution < -0.4 is 0 Å². The van der Waals surface area contributed by atoms with Crippen LogP contribution in [0, 0.1) is 0 Å². The smallest absolute Gasteiger partial charge is 0.306 e. The maximum Gasteiger partial charge on any atom is 0.306 e. The van der Waals surface area contributed by atoms with Gasteiger partial charge in [0, 0.05) is 19.3 Å². The molecule has 0 spiro atoms. The van der Waals surface area contributed by atoms with Gasteiger partial charge in [0.2, 0.25) is 0 Å². The van der Waals surface area contributed by atoms with Crippen molar-refractivity contribution < 1.29 is 28.6 Å². The Kier molecular flexibility index (Phi) is 52.9. The second-order valence-corrected chi connectivity index (χ2v) is 18.5. The van der Waals surface area contributed by atoms with Crippen LogP contribution >= 0.6 is 0 Å². The minimum absolute atomic E-state index is 0.0945. The van der Waals surface area contributed by atoms with Gasteiger partial charge in [0.05, 0.1) is 0 Å². The second kappa shape index (κ2) is 55.9. The largest absolute Gasteiger partial charge is 0.462 e. The fraction of sp³-hybridized carbons (Fsp3) is 0.694. The van der Waals surface area contributed by atoms with Crippen LogP contribution in [0.4, 0.5) is 0 Å². The van der Waals surface area contributed by atoms with Crippen molar-refractivity contribution in [3.8, 4) is 0 Å². The average Bonchev–Trinajstić information content (AvgIpc) is 3.34. The van der Waals surface area contributed by atoms with Crippen LogP contribution in [0.15, 0.2) is 97.2 Å². The van der Waals surface area contributed by atoms with Crippen LogP contribution in [0.3, 0.4) is 0 Å². The van der Waals surface area contributed by atoms with Gasteiger partial charge in [-0.05, 0) is 122 Å². The Labute approximate surface area is 419 Å². The van der Waals surface area contributed by atoms with E-state index in [1.165, 1.54) is 77.0 Å². The summed E-state index contributed by atoms with van der Waals surface area (Å²) in [4.78, 5) is 38.1. The van der Waals surface area contributed by atoms with Crippen molar-refractivity contribution in [2.75, 3.05) is 13.2 Å². The third-order valence-corrected chi connectivity index (χ3v) is 11.8. The van der Waals surface area contributed by atoms with Crippen LogP contribution in [-0.2, 0) is 28.6 Å². The molecule has 6 heteroatoms. The van der Waals surface area contributed by atoms with Gasteiger partial charge in [-0.15, -0.1) is 0 Å². The molecule has 0 aliphatic rings. The Balaban J connectivity index is 4.44. The van der Waals surface area contributed by atoms with E-state index in [2.05, 4.69) is 118 Å². The lowest BCUT2D eigenvalue weighted by atomic mass is 10.1. The monoisotopic (exact) mass is 945 g/mol. The molecule has 0 aliphatic heterocycles. The van der Waals surface area contributed by atoms with E-state index in [9.17, 15) is 14.4 Å². The summed E-state index contributed by atoms with van der Waals surface area (Å²) in [6.45, 7) is 6.46. The number of esters is 3. The van der Waals surface area contributed by atoms with E-state index in [1.807, 2.05) is 0 Å². The van der Waals surface area contributed by atoms with E-state index in [-0.39, 0.29) is 31.1 Å². The third-order valence-electron chi connectivity index (χ3n) is 11.8. The number of rotatable bonds is 50. The standard InChI is InChI=1S/C62H104O6/c1-4-7-10-13-16-19-22-25-27-29-30-31-32-33-35-37-40-43-46-49-52-55-61(64)67-58-59(57-66-60(63)54-51-48-45-42-39-36-24-21-18-15-12-9-6-3)68-62(65)56-53-50-47-44-41-38-34-28-26-23-20-17-14-11-8-5-2/h7,10,16,19-21,23-25,27-28,30-31,33-35,59H,4-6,8-9,11-15,17-18,22,26,29,32,36-58H2,1-3H3/b10-7-,19-16-,23-20-,24-21-,27-25-,31-30-,34-28-,35-33-. The van der Waals surface area contributed by atoms with Gasteiger partial charge in [-0.3, -0.25) is 14.4 Å². The Morgan fingerprint density at radius 1 is 0.309 bits per heavy atom. The molecule has 0 aromatic carbocycles.